The van der Waals surface area contributed by atoms with Gasteiger partial charge in [0.05, 0.1) is 18.0 Å². The molecule has 1 aliphatic carbocycles. The third-order valence-corrected chi connectivity index (χ3v) is 7.22. The Kier molecular flexibility index (Phi) is 8.00. The number of aryl methyl sites for hydroxylation is 1. The van der Waals surface area contributed by atoms with E-state index in [4.69, 9.17) is 0 Å². The number of hydrogen-bond donors (Lipinski definition) is 3. The van der Waals surface area contributed by atoms with E-state index < -0.39 is 18.1 Å². The molecule has 31 heavy (non-hydrogen) atoms. The zero-order valence-corrected chi connectivity index (χ0v) is 19.6. The molecule has 0 radical (unpaired) electrons. The van der Waals surface area contributed by atoms with E-state index in [1.807, 2.05) is 26.0 Å². The fraction of sp³-hybridized carbons (Fsp3) is 0.609. The minimum atomic E-state index is -0.660. The minimum Gasteiger partial charge on any atom is -0.347 e. The van der Waals surface area contributed by atoms with Gasteiger partial charge >= 0.3 is 0 Å². The van der Waals surface area contributed by atoms with Crippen molar-refractivity contribution in [3.8, 4) is 0 Å². The third-order valence-electron chi connectivity index (χ3n) is 6.21. The molecular weight excluding hydrogens is 412 g/mol. The van der Waals surface area contributed by atoms with Gasteiger partial charge in [-0.05, 0) is 50.3 Å². The zero-order chi connectivity index (χ0) is 22.5. The zero-order valence-electron chi connectivity index (χ0n) is 18.8. The summed E-state index contributed by atoms with van der Waals surface area (Å²) in [6.07, 6.45) is 2.98. The monoisotopic (exact) mass is 446 g/mol. The Morgan fingerprint density at radius 3 is 2.61 bits per heavy atom. The number of rotatable bonds is 7. The second-order valence-electron chi connectivity index (χ2n) is 8.72. The fourth-order valence-corrected chi connectivity index (χ4v) is 5.31. The van der Waals surface area contributed by atoms with Crippen LogP contribution in [0.15, 0.2) is 24.3 Å². The summed E-state index contributed by atoms with van der Waals surface area (Å²) >= 11 is 1.57. The third kappa shape index (κ3) is 5.41. The number of nitrogens with one attached hydrogen (secondary N) is 3. The molecule has 170 valence electrons. The highest BCUT2D eigenvalue weighted by Gasteiger charge is 2.40. The standard InChI is InChI=1S/C23H34N4O3S/c1-14(2)20(26-21(28)15(3)24-4)23(30)27-13-31-12-19(27)22(29)25-18-11-7-9-16-8-5-6-10-17(16)18/h5-6,8,10,14-15,18-20,24H,7,9,11-13H2,1-4H3,(H,25,29)(H,26,28)/t15-,18?,19-,20-/m0/s1. The van der Waals surface area contributed by atoms with Gasteiger partial charge in [-0.1, -0.05) is 38.1 Å². The number of carbonyl (C=O) groups is 3. The molecule has 1 fully saturated rings. The van der Waals surface area contributed by atoms with Gasteiger partial charge in [-0.25, -0.2) is 0 Å². The Morgan fingerprint density at radius 1 is 1.16 bits per heavy atom. The Labute approximate surface area is 189 Å². The van der Waals surface area contributed by atoms with E-state index in [-0.39, 0.29) is 29.7 Å². The normalized spacial score (nSPS) is 22.5. The molecule has 8 heteroatoms. The van der Waals surface area contributed by atoms with Crippen LogP contribution in [0.3, 0.4) is 0 Å². The maximum atomic E-state index is 13.3. The fourth-order valence-electron chi connectivity index (χ4n) is 4.15. The summed E-state index contributed by atoms with van der Waals surface area (Å²) in [6, 6.07) is 6.65. The van der Waals surface area contributed by atoms with Crippen molar-refractivity contribution in [2.45, 2.75) is 64.2 Å². The van der Waals surface area contributed by atoms with Gasteiger partial charge in [0.1, 0.15) is 12.1 Å². The number of thioether (sulfide) groups is 1. The Balaban J connectivity index is 1.70. The van der Waals surface area contributed by atoms with Gasteiger partial charge in [-0.3, -0.25) is 14.4 Å². The van der Waals surface area contributed by atoms with Crippen molar-refractivity contribution >= 4 is 29.5 Å². The highest BCUT2D eigenvalue weighted by atomic mass is 32.2. The number of hydrogen-bond acceptors (Lipinski definition) is 5. The highest BCUT2D eigenvalue weighted by molar-refractivity contribution is 7.99. The van der Waals surface area contributed by atoms with Crippen LogP contribution in [0.2, 0.25) is 0 Å². The van der Waals surface area contributed by atoms with Gasteiger partial charge in [-0.15, -0.1) is 11.8 Å². The molecule has 0 aromatic heterocycles. The van der Waals surface area contributed by atoms with Crippen LogP contribution in [0.25, 0.3) is 0 Å². The van der Waals surface area contributed by atoms with E-state index in [0.29, 0.717) is 11.6 Å². The molecule has 3 rings (SSSR count). The van der Waals surface area contributed by atoms with Crippen LogP contribution < -0.4 is 16.0 Å². The van der Waals surface area contributed by atoms with Gasteiger partial charge in [0.15, 0.2) is 0 Å². The molecular formula is C23H34N4O3S. The SMILES string of the molecule is CN[C@@H](C)C(=O)N[C@H](C(=O)N1CSC[C@H]1C(=O)NC1CCCc2ccccc21)C(C)C. The van der Waals surface area contributed by atoms with Crippen molar-refractivity contribution in [1.29, 1.82) is 0 Å². The summed E-state index contributed by atoms with van der Waals surface area (Å²) in [5.74, 6) is 0.413. The lowest BCUT2D eigenvalue weighted by atomic mass is 9.87. The van der Waals surface area contributed by atoms with Gasteiger partial charge in [0.25, 0.3) is 0 Å². The van der Waals surface area contributed by atoms with E-state index in [0.717, 1.165) is 19.3 Å². The van der Waals surface area contributed by atoms with Crippen LogP contribution >= 0.6 is 11.8 Å². The first kappa shape index (κ1) is 23.6. The molecule has 3 N–H and O–H groups in total. The first-order chi connectivity index (χ1) is 14.8. The van der Waals surface area contributed by atoms with Crippen LogP contribution in [0.5, 0.6) is 0 Å². The summed E-state index contributed by atoms with van der Waals surface area (Å²) in [5, 5.41) is 8.95. The van der Waals surface area contributed by atoms with Crippen molar-refractivity contribution in [2.24, 2.45) is 5.92 Å². The second kappa shape index (κ2) is 10.5. The Bertz CT molecular complexity index is 816. The summed E-state index contributed by atoms with van der Waals surface area (Å²) < 4.78 is 0. The highest BCUT2D eigenvalue weighted by Crippen LogP contribution is 2.30. The summed E-state index contributed by atoms with van der Waals surface area (Å²) in [6.45, 7) is 5.56. The molecule has 1 unspecified atom stereocenters. The Morgan fingerprint density at radius 2 is 1.90 bits per heavy atom. The Hall–Kier alpha value is -2.06. The first-order valence-electron chi connectivity index (χ1n) is 11.1. The molecule has 1 heterocycles. The molecule has 1 aliphatic heterocycles. The minimum absolute atomic E-state index is 0.0166. The van der Waals surface area contributed by atoms with Gasteiger partial charge in [0, 0.05) is 5.75 Å². The van der Waals surface area contributed by atoms with Crippen molar-refractivity contribution < 1.29 is 14.4 Å². The lowest BCUT2D eigenvalue weighted by molar-refractivity contribution is -0.142. The van der Waals surface area contributed by atoms with Crippen LogP contribution in [0, 0.1) is 5.92 Å². The average molecular weight is 447 g/mol. The number of benzene rings is 1. The number of nitrogens with zero attached hydrogens (tertiary/aromatic N) is 1. The summed E-state index contributed by atoms with van der Waals surface area (Å²) in [4.78, 5) is 40.5. The molecule has 1 aromatic rings. The second-order valence-corrected chi connectivity index (χ2v) is 9.72. The maximum absolute atomic E-state index is 13.3. The van der Waals surface area contributed by atoms with Crippen molar-refractivity contribution in [2.75, 3.05) is 18.7 Å². The van der Waals surface area contributed by atoms with E-state index in [1.165, 1.54) is 11.1 Å². The van der Waals surface area contributed by atoms with Crippen molar-refractivity contribution in [1.82, 2.24) is 20.9 Å². The molecule has 2 aliphatic rings. The predicted octanol–water partition coefficient (Wildman–Crippen LogP) is 1.83. The molecule has 4 atom stereocenters. The lowest BCUT2D eigenvalue weighted by Gasteiger charge is -2.32. The molecule has 0 bridgehead atoms. The summed E-state index contributed by atoms with van der Waals surface area (Å²) in [5.41, 5.74) is 2.47. The molecule has 0 saturated carbocycles. The van der Waals surface area contributed by atoms with E-state index >= 15 is 0 Å². The number of fused-ring (bicyclic) bond motifs is 1. The van der Waals surface area contributed by atoms with Gasteiger partial charge in [0.2, 0.25) is 17.7 Å². The van der Waals surface area contributed by atoms with E-state index in [1.54, 1.807) is 30.6 Å². The molecule has 7 nitrogen and oxygen atoms in total. The summed E-state index contributed by atoms with van der Waals surface area (Å²) in [7, 11) is 1.71. The van der Waals surface area contributed by atoms with E-state index in [2.05, 4.69) is 28.1 Å². The quantitative estimate of drug-likeness (QED) is 0.595. The topological polar surface area (TPSA) is 90.5 Å². The predicted molar refractivity (Wildman–Crippen MR) is 124 cm³/mol. The van der Waals surface area contributed by atoms with Crippen LogP contribution in [0.4, 0.5) is 0 Å². The molecule has 0 spiro atoms. The maximum Gasteiger partial charge on any atom is 0.246 e. The van der Waals surface area contributed by atoms with Gasteiger partial charge < -0.3 is 20.9 Å². The average Bonchev–Trinajstić information content (AvgIpc) is 3.26. The molecule has 1 saturated heterocycles. The smallest absolute Gasteiger partial charge is 0.246 e. The van der Waals surface area contributed by atoms with Crippen LogP contribution in [0.1, 0.15) is 50.8 Å². The first-order valence-corrected chi connectivity index (χ1v) is 12.2. The molecule has 1 aromatic carbocycles. The lowest BCUT2D eigenvalue weighted by Crippen LogP contribution is -2.57. The van der Waals surface area contributed by atoms with Crippen LogP contribution in [-0.2, 0) is 20.8 Å². The van der Waals surface area contributed by atoms with Crippen molar-refractivity contribution in [3.05, 3.63) is 35.4 Å². The van der Waals surface area contributed by atoms with Crippen molar-refractivity contribution in [3.63, 3.8) is 0 Å². The largest absolute Gasteiger partial charge is 0.347 e. The van der Waals surface area contributed by atoms with E-state index in [9.17, 15) is 14.4 Å². The number of likely N-dealkylation sites (N-methyl/N-ethyl adjacent to an activating group) is 1. The number of amides is 3. The van der Waals surface area contributed by atoms with Gasteiger partial charge in [-0.2, -0.15) is 0 Å². The number of carbonyl (C=O) groups excluding carboxylic acids is 3. The van der Waals surface area contributed by atoms with Crippen LogP contribution in [-0.4, -0.2) is 59.4 Å². The molecule has 3 amide bonds.